The van der Waals surface area contributed by atoms with Gasteiger partial charge in [-0.1, -0.05) is 44.2 Å². The molecule has 1 aromatic carbocycles. The molecule has 1 fully saturated rings. The van der Waals surface area contributed by atoms with Gasteiger partial charge in [-0.05, 0) is 24.5 Å². The maximum Gasteiger partial charge on any atom is 0.272 e. The third-order valence-electron chi connectivity index (χ3n) is 4.79. The van der Waals surface area contributed by atoms with Gasteiger partial charge in [0.25, 0.3) is 5.91 Å². The topological polar surface area (TPSA) is 64.2 Å². The average molecular weight is 326 g/mol. The van der Waals surface area contributed by atoms with Crippen LogP contribution >= 0.6 is 0 Å². The van der Waals surface area contributed by atoms with Crippen molar-refractivity contribution in [3.8, 4) is 0 Å². The van der Waals surface area contributed by atoms with Crippen LogP contribution < -0.4 is 5.73 Å². The van der Waals surface area contributed by atoms with E-state index in [1.807, 2.05) is 36.1 Å². The molecule has 0 bridgehead atoms. The highest BCUT2D eigenvalue weighted by Crippen LogP contribution is 2.28. The zero-order valence-electron chi connectivity index (χ0n) is 14.6. The van der Waals surface area contributed by atoms with E-state index in [-0.39, 0.29) is 17.9 Å². The minimum absolute atomic E-state index is 0.0288. The molecule has 1 saturated heterocycles. The molecule has 5 nitrogen and oxygen atoms in total. The summed E-state index contributed by atoms with van der Waals surface area (Å²) in [5, 5.41) is 4.55. The second-order valence-electron chi connectivity index (χ2n) is 6.82. The summed E-state index contributed by atoms with van der Waals surface area (Å²) in [7, 11) is 0. The van der Waals surface area contributed by atoms with Gasteiger partial charge in [0.15, 0.2) is 0 Å². The first-order valence-corrected chi connectivity index (χ1v) is 8.68. The van der Waals surface area contributed by atoms with Gasteiger partial charge >= 0.3 is 0 Å². The van der Waals surface area contributed by atoms with E-state index in [0.717, 1.165) is 5.69 Å². The Labute approximate surface area is 143 Å². The molecular formula is C19H26N4O. The van der Waals surface area contributed by atoms with Crippen LogP contribution in [0.15, 0.2) is 36.4 Å². The Morgan fingerprint density at radius 1 is 1.29 bits per heavy atom. The van der Waals surface area contributed by atoms with E-state index in [2.05, 4.69) is 31.1 Å². The van der Waals surface area contributed by atoms with Crippen LogP contribution in [-0.4, -0.2) is 39.7 Å². The Kier molecular flexibility index (Phi) is 4.71. The molecule has 1 aliphatic rings. The molecule has 24 heavy (non-hydrogen) atoms. The van der Waals surface area contributed by atoms with Crippen molar-refractivity contribution in [2.24, 2.45) is 5.73 Å². The number of nitrogens with zero attached hydrogens (tertiary/aromatic N) is 3. The van der Waals surface area contributed by atoms with Gasteiger partial charge in [-0.25, -0.2) is 0 Å². The summed E-state index contributed by atoms with van der Waals surface area (Å²) in [6.07, 6.45) is 0. The van der Waals surface area contributed by atoms with E-state index in [1.54, 1.807) is 4.68 Å². The molecule has 0 unspecified atom stereocenters. The van der Waals surface area contributed by atoms with Crippen molar-refractivity contribution in [3.63, 3.8) is 0 Å². The van der Waals surface area contributed by atoms with Crippen LogP contribution in [0.4, 0.5) is 0 Å². The lowest BCUT2D eigenvalue weighted by atomic mass is 9.95. The molecule has 0 spiro atoms. The molecule has 2 aromatic rings. The van der Waals surface area contributed by atoms with Gasteiger partial charge in [-0.3, -0.25) is 9.48 Å². The minimum Gasteiger partial charge on any atom is -0.335 e. The first kappa shape index (κ1) is 16.7. The standard InChI is InChI=1S/C19H26N4O/c1-4-23-18(10-17(21-23)13(2)3)19(24)22-11-15(16(20)12-22)14-8-6-5-7-9-14/h5-10,13,15-16H,4,11-12,20H2,1-3H3/t15-,16+/m0/s1. The van der Waals surface area contributed by atoms with Crippen molar-refractivity contribution < 1.29 is 4.79 Å². The van der Waals surface area contributed by atoms with Crippen LogP contribution in [0.3, 0.4) is 0 Å². The van der Waals surface area contributed by atoms with Crippen LogP contribution in [0.25, 0.3) is 0 Å². The summed E-state index contributed by atoms with van der Waals surface area (Å²) in [4.78, 5) is 14.9. The Hall–Kier alpha value is -2.14. The summed E-state index contributed by atoms with van der Waals surface area (Å²) in [5.74, 6) is 0.533. The van der Waals surface area contributed by atoms with Crippen LogP contribution in [0, 0.1) is 0 Å². The van der Waals surface area contributed by atoms with Gasteiger partial charge in [0.2, 0.25) is 0 Å². The predicted molar refractivity (Wildman–Crippen MR) is 95.1 cm³/mol. The van der Waals surface area contributed by atoms with Gasteiger partial charge in [0.05, 0.1) is 5.69 Å². The van der Waals surface area contributed by atoms with E-state index in [4.69, 9.17) is 5.73 Å². The normalized spacial score (nSPS) is 20.8. The first-order chi connectivity index (χ1) is 11.5. The van der Waals surface area contributed by atoms with Crippen LogP contribution in [0.1, 0.15) is 54.4 Å². The zero-order chi connectivity index (χ0) is 17.3. The number of hydrogen-bond acceptors (Lipinski definition) is 3. The number of amides is 1. The predicted octanol–water partition coefficient (Wildman–Crippen LogP) is 2.59. The Morgan fingerprint density at radius 3 is 2.62 bits per heavy atom. The van der Waals surface area contributed by atoms with E-state index < -0.39 is 0 Å². The molecular weight excluding hydrogens is 300 g/mol. The highest BCUT2D eigenvalue weighted by molar-refractivity contribution is 5.93. The number of aryl methyl sites for hydroxylation is 1. The summed E-state index contributed by atoms with van der Waals surface area (Å²) in [5.41, 5.74) is 9.16. The molecule has 2 atom stereocenters. The number of rotatable bonds is 4. The lowest BCUT2D eigenvalue weighted by Gasteiger charge is -2.17. The summed E-state index contributed by atoms with van der Waals surface area (Å²) in [6, 6.07) is 12.1. The SMILES string of the molecule is CCn1nc(C(C)C)cc1C(=O)N1C[C@@H](N)[C@H](c2ccccc2)C1. The molecule has 0 radical (unpaired) electrons. The second-order valence-corrected chi connectivity index (χ2v) is 6.82. The van der Waals surface area contributed by atoms with E-state index in [1.165, 1.54) is 5.56 Å². The molecule has 3 rings (SSSR count). The Balaban J connectivity index is 1.82. The summed E-state index contributed by atoms with van der Waals surface area (Å²) in [6.45, 7) is 8.13. The fraction of sp³-hybridized carbons (Fsp3) is 0.474. The highest BCUT2D eigenvalue weighted by atomic mass is 16.2. The van der Waals surface area contributed by atoms with E-state index >= 15 is 0 Å². The highest BCUT2D eigenvalue weighted by Gasteiger charge is 2.35. The maximum absolute atomic E-state index is 13.0. The molecule has 2 N–H and O–H groups in total. The zero-order valence-corrected chi connectivity index (χ0v) is 14.6. The molecule has 5 heteroatoms. The quantitative estimate of drug-likeness (QED) is 0.939. The van der Waals surface area contributed by atoms with Crippen LogP contribution in [-0.2, 0) is 6.54 Å². The number of carbonyl (C=O) groups is 1. The van der Waals surface area contributed by atoms with Crippen molar-refractivity contribution in [3.05, 3.63) is 53.3 Å². The van der Waals surface area contributed by atoms with Crippen molar-refractivity contribution >= 4 is 5.91 Å². The molecule has 1 aromatic heterocycles. The first-order valence-electron chi connectivity index (χ1n) is 8.68. The van der Waals surface area contributed by atoms with Crippen molar-refractivity contribution in [1.82, 2.24) is 14.7 Å². The maximum atomic E-state index is 13.0. The number of nitrogens with two attached hydrogens (primary N) is 1. The van der Waals surface area contributed by atoms with Crippen LogP contribution in [0.2, 0.25) is 0 Å². The van der Waals surface area contributed by atoms with Gasteiger partial charge in [-0.15, -0.1) is 0 Å². The molecule has 0 aliphatic carbocycles. The third-order valence-corrected chi connectivity index (χ3v) is 4.79. The summed E-state index contributed by atoms with van der Waals surface area (Å²) >= 11 is 0. The second kappa shape index (κ2) is 6.77. The number of benzene rings is 1. The number of likely N-dealkylation sites (tertiary alicyclic amines) is 1. The fourth-order valence-corrected chi connectivity index (χ4v) is 3.34. The average Bonchev–Trinajstić information content (AvgIpc) is 3.18. The lowest BCUT2D eigenvalue weighted by molar-refractivity contribution is 0.0777. The van der Waals surface area contributed by atoms with Gasteiger partial charge in [0.1, 0.15) is 5.69 Å². The molecule has 1 aliphatic heterocycles. The smallest absolute Gasteiger partial charge is 0.272 e. The van der Waals surface area contributed by atoms with E-state index in [0.29, 0.717) is 31.2 Å². The Morgan fingerprint density at radius 2 is 2.00 bits per heavy atom. The summed E-state index contributed by atoms with van der Waals surface area (Å²) < 4.78 is 1.80. The van der Waals surface area contributed by atoms with Gasteiger partial charge in [0, 0.05) is 31.6 Å². The lowest BCUT2D eigenvalue weighted by Crippen LogP contribution is -2.33. The third kappa shape index (κ3) is 3.08. The van der Waals surface area contributed by atoms with Crippen LogP contribution in [0.5, 0.6) is 0 Å². The largest absolute Gasteiger partial charge is 0.335 e. The monoisotopic (exact) mass is 326 g/mol. The van der Waals surface area contributed by atoms with E-state index in [9.17, 15) is 4.79 Å². The van der Waals surface area contributed by atoms with Crippen molar-refractivity contribution in [2.45, 2.75) is 45.2 Å². The number of hydrogen-bond donors (Lipinski definition) is 1. The fourth-order valence-electron chi connectivity index (χ4n) is 3.34. The van der Waals surface area contributed by atoms with Crippen molar-refractivity contribution in [1.29, 1.82) is 0 Å². The Bertz CT molecular complexity index is 707. The van der Waals surface area contributed by atoms with Crippen molar-refractivity contribution in [2.75, 3.05) is 13.1 Å². The molecule has 128 valence electrons. The molecule has 1 amide bonds. The number of aromatic nitrogens is 2. The van der Waals surface area contributed by atoms with Gasteiger partial charge < -0.3 is 10.6 Å². The number of carbonyl (C=O) groups excluding carboxylic acids is 1. The van der Waals surface area contributed by atoms with Gasteiger partial charge in [-0.2, -0.15) is 5.10 Å². The molecule has 2 heterocycles. The minimum atomic E-state index is -0.0288. The molecule has 0 saturated carbocycles.